The summed E-state index contributed by atoms with van der Waals surface area (Å²) in [6, 6.07) is 0.153. The molecular weight excluding hydrogens is 340 g/mol. The average molecular weight is 366 g/mol. The lowest BCUT2D eigenvalue weighted by atomic mass is 9.91. The van der Waals surface area contributed by atoms with Crippen molar-refractivity contribution in [2.45, 2.75) is 52.0 Å². The predicted octanol–water partition coefficient (Wildman–Crippen LogP) is 0.988. The molecule has 1 fully saturated rings. The van der Waals surface area contributed by atoms with E-state index in [4.69, 9.17) is 5.73 Å². The van der Waals surface area contributed by atoms with Crippen molar-refractivity contribution in [3.63, 3.8) is 0 Å². The van der Waals surface area contributed by atoms with Crippen LogP contribution < -0.4 is 16.4 Å². The van der Waals surface area contributed by atoms with E-state index in [0.29, 0.717) is 25.3 Å². The van der Waals surface area contributed by atoms with E-state index < -0.39 is 11.3 Å². The summed E-state index contributed by atoms with van der Waals surface area (Å²) in [6.45, 7) is 3.54. The summed E-state index contributed by atoms with van der Waals surface area (Å²) in [5.74, 6) is -0.628. The molecule has 138 valence electrons. The molecule has 0 saturated heterocycles. The van der Waals surface area contributed by atoms with Crippen LogP contribution in [-0.2, 0) is 20.8 Å². The molecule has 8 heteroatoms. The van der Waals surface area contributed by atoms with E-state index in [1.165, 1.54) is 13.8 Å². The van der Waals surface area contributed by atoms with Crippen LogP contribution in [0.15, 0.2) is 11.7 Å². The standard InChI is InChI=1S/C17H26N4O3S/c1-17(2,15(18)23)16(24)20-8-11-3-4-12(7-11)21-14(22)6-5-13-9-19-10-25-13/h9-12H,3-8H2,1-2H3,(H2,18,23)(H,20,24)(H,21,22)/t11-,12+/m0/s1. The Labute approximate surface area is 151 Å². The highest BCUT2D eigenvalue weighted by Gasteiger charge is 2.34. The first-order valence-electron chi connectivity index (χ1n) is 8.54. The average Bonchev–Trinajstić information content (AvgIpc) is 3.22. The first-order valence-corrected chi connectivity index (χ1v) is 9.42. The molecule has 1 aliphatic carbocycles. The predicted molar refractivity (Wildman–Crippen MR) is 95.7 cm³/mol. The van der Waals surface area contributed by atoms with Crippen LogP contribution in [0.25, 0.3) is 0 Å². The Balaban J connectivity index is 1.68. The Morgan fingerprint density at radius 3 is 2.76 bits per heavy atom. The lowest BCUT2D eigenvalue weighted by molar-refractivity contribution is -0.139. The number of nitrogens with zero attached hydrogens (tertiary/aromatic N) is 1. The number of thiazole rings is 1. The Hall–Kier alpha value is -1.96. The number of primary amides is 1. The molecule has 0 bridgehead atoms. The molecule has 0 aromatic carbocycles. The summed E-state index contributed by atoms with van der Waals surface area (Å²) < 4.78 is 0. The smallest absolute Gasteiger partial charge is 0.235 e. The van der Waals surface area contributed by atoms with Gasteiger partial charge in [-0.05, 0) is 45.4 Å². The van der Waals surface area contributed by atoms with Crippen LogP contribution in [0, 0.1) is 11.3 Å². The number of nitrogens with one attached hydrogen (secondary N) is 2. The number of carbonyl (C=O) groups excluding carboxylic acids is 3. The van der Waals surface area contributed by atoms with Gasteiger partial charge in [0, 0.05) is 30.1 Å². The fraction of sp³-hybridized carbons (Fsp3) is 0.647. The molecule has 2 atom stereocenters. The Morgan fingerprint density at radius 2 is 2.12 bits per heavy atom. The molecule has 0 aliphatic heterocycles. The van der Waals surface area contributed by atoms with Gasteiger partial charge in [0.25, 0.3) is 0 Å². The zero-order valence-corrected chi connectivity index (χ0v) is 15.5. The summed E-state index contributed by atoms with van der Waals surface area (Å²) >= 11 is 1.56. The van der Waals surface area contributed by atoms with Crippen molar-refractivity contribution < 1.29 is 14.4 Å². The zero-order chi connectivity index (χ0) is 18.4. The lowest BCUT2D eigenvalue weighted by Gasteiger charge is -2.21. The van der Waals surface area contributed by atoms with E-state index in [-0.39, 0.29) is 17.9 Å². The highest BCUT2D eigenvalue weighted by molar-refractivity contribution is 7.09. The number of hydrogen-bond donors (Lipinski definition) is 3. The molecule has 7 nitrogen and oxygen atoms in total. The number of aryl methyl sites for hydroxylation is 1. The summed E-state index contributed by atoms with van der Waals surface area (Å²) in [4.78, 5) is 40.5. The summed E-state index contributed by atoms with van der Waals surface area (Å²) in [5.41, 5.74) is 5.81. The molecule has 1 saturated carbocycles. The number of aromatic nitrogens is 1. The highest BCUT2D eigenvalue weighted by atomic mass is 32.1. The van der Waals surface area contributed by atoms with E-state index in [2.05, 4.69) is 15.6 Å². The fourth-order valence-electron chi connectivity index (χ4n) is 2.86. The molecule has 2 rings (SSSR count). The molecule has 0 spiro atoms. The number of rotatable bonds is 8. The SMILES string of the molecule is CC(C)(C(N)=O)C(=O)NC[C@H]1CC[C@@H](NC(=O)CCc2cncs2)C1. The third kappa shape index (κ3) is 5.52. The second-order valence-corrected chi connectivity index (χ2v) is 8.08. The van der Waals surface area contributed by atoms with Crippen LogP contribution in [0.2, 0.25) is 0 Å². The monoisotopic (exact) mass is 366 g/mol. The van der Waals surface area contributed by atoms with Gasteiger partial charge in [-0.2, -0.15) is 0 Å². The molecular formula is C17H26N4O3S. The maximum Gasteiger partial charge on any atom is 0.235 e. The minimum absolute atomic E-state index is 0.0537. The highest BCUT2D eigenvalue weighted by Crippen LogP contribution is 2.25. The van der Waals surface area contributed by atoms with Gasteiger partial charge < -0.3 is 16.4 Å². The normalized spacial score (nSPS) is 20.2. The molecule has 1 aliphatic rings. The van der Waals surface area contributed by atoms with Gasteiger partial charge in [-0.15, -0.1) is 11.3 Å². The van der Waals surface area contributed by atoms with Crippen molar-refractivity contribution >= 4 is 29.1 Å². The van der Waals surface area contributed by atoms with Crippen molar-refractivity contribution in [2.75, 3.05) is 6.54 Å². The number of nitrogens with two attached hydrogens (primary N) is 1. The van der Waals surface area contributed by atoms with E-state index in [1.807, 2.05) is 0 Å². The fourth-order valence-corrected chi connectivity index (χ4v) is 3.46. The lowest BCUT2D eigenvalue weighted by Crippen LogP contribution is -2.46. The third-order valence-electron chi connectivity index (χ3n) is 4.72. The van der Waals surface area contributed by atoms with Crippen molar-refractivity contribution in [2.24, 2.45) is 17.1 Å². The van der Waals surface area contributed by atoms with Gasteiger partial charge in [-0.25, -0.2) is 0 Å². The molecule has 4 N–H and O–H groups in total. The van der Waals surface area contributed by atoms with Gasteiger partial charge in [0.05, 0.1) is 5.51 Å². The van der Waals surface area contributed by atoms with E-state index in [1.54, 1.807) is 23.0 Å². The van der Waals surface area contributed by atoms with Gasteiger partial charge in [-0.3, -0.25) is 19.4 Å². The second kappa shape index (κ2) is 8.42. The Bertz CT molecular complexity index is 615. The van der Waals surface area contributed by atoms with Crippen LogP contribution in [-0.4, -0.2) is 35.3 Å². The molecule has 0 unspecified atom stereocenters. The number of amides is 3. The first kappa shape index (κ1) is 19.4. The van der Waals surface area contributed by atoms with E-state index >= 15 is 0 Å². The summed E-state index contributed by atoms with van der Waals surface area (Å²) in [7, 11) is 0. The van der Waals surface area contributed by atoms with Gasteiger partial charge >= 0.3 is 0 Å². The van der Waals surface area contributed by atoms with Crippen LogP contribution in [0.4, 0.5) is 0 Å². The van der Waals surface area contributed by atoms with Crippen LogP contribution >= 0.6 is 11.3 Å². The molecule has 3 amide bonds. The van der Waals surface area contributed by atoms with Crippen molar-refractivity contribution in [3.8, 4) is 0 Å². The summed E-state index contributed by atoms with van der Waals surface area (Å²) in [6.07, 6.45) is 5.66. The van der Waals surface area contributed by atoms with Crippen LogP contribution in [0.3, 0.4) is 0 Å². The largest absolute Gasteiger partial charge is 0.369 e. The van der Waals surface area contributed by atoms with E-state index in [9.17, 15) is 14.4 Å². The Kier molecular flexibility index (Phi) is 6.52. The van der Waals surface area contributed by atoms with Crippen LogP contribution in [0.5, 0.6) is 0 Å². The van der Waals surface area contributed by atoms with Gasteiger partial charge in [0.2, 0.25) is 17.7 Å². The van der Waals surface area contributed by atoms with E-state index in [0.717, 1.165) is 24.1 Å². The molecule has 25 heavy (non-hydrogen) atoms. The Morgan fingerprint density at radius 1 is 1.36 bits per heavy atom. The maximum atomic E-state index is 12.0. The topological polar surface area (TPSA) is 114 Å². The zero-order valence-electron chi connectivity index (χ0n) is 14.7. The van der Waals surface area contributed by atoms with Gasteiger partial charge in [0.1, 0.15) is 5.41 Å². The molecule has 1 aromatic rings. The minimum atomic E-state index is -1.21. The number of carbonyl (C=O) groups is 3. The van der Waals surface area contributed by atoms with Gasteiger partial charge in [0.15, 0.2) is 0 Å². The van der Waals surface area contributed by atoms with Crippen molar-refractivity contribution in [1.29, 1.82) is 0 Å². The van der Waals surface area contributed by atoms with Gasteiger partial charge in [-0.1, -0.05) is 0 Å². The van der Waals surface area contributed by atoms with Crippen molar-refractivity contribution in [1.82, 2.24) is 15.6 Å². The molecule has 1 heterocycles. The number of hydrogen-bond acceptors (Lipinski definition) is 5. The maximum absolute atomic E-state index is 12.0. The van der Waals surface area contributed by atoms with Crippen molar-refractivity contribution in [3.05, 3.63) is 16.6 Å². The first-order chi connectivity index (χ1) is 11.8. The second-order valence-electron chi connectivity index (χ2n) is 7.11. The quantitative estimate of drug-likeness (QED) is 0.595. The van der Waals surface area contributed by atoms with Crippen LogP contribution in [0.1, 0.15) is 44.4 Å². The minimum Gasteiger partial charge on any atom is -0.369 e. The molecule has 1 aromatic heterocycles. The summed E-state index contributed by atoms with van der Waals surface area (Å²) in [5, 5.41) is 5.87. The third-order valence-corrected chi connectivity index (χ3v) is 5.56. The molecule has 0 radical (unpaired) electrons.